The van der Waals surface area contributed by atoms with Gasteiger partial charge in [0.25, 0.3) is 5.91 Å². The van der Waals surface area contributed by atoms with E-state index in [1.165, 1.54) is 12.3 Å². The highest BCUT2D eigenvalue weighted by atomic mass is 19.1. The minimum absolute atomic E-state index is 0.291. The summed E-state index contributed by atoms with van der Waals surface area (Å²) in [5, 5.41) is 20.6. The summed E-state index contributed by atoms with van der Waals surface area (Å²) in [4.78, 5) is 26.0. The molecule has 1 amide bonds. The summed E-state index contributed by atoms with van der Waals surface area (Å²) in [7, 11) is 3.26. The molecule has 0 saturated carbocycles. The third-order valence-corrected chi connectivity index (χ3v) is 3.37. The molecule has 1 heterocycles. The summed E-state index contributed by atoms with van der Waals surface area (Å²) in [5.74, 6) is -2.76. The smallest absolute Gasteiger partial charge is 0.322 e. The third kappa shape index (κ3) is 3.50. The summed E-state index contributed by atoms with van der Waals surface area (Å²) >= 11 is 0. The second-order valence-electron chi connectivity index (χ2n) is 5.04. The molecule has 0 saturated heterocycles. The predicted molar refractivity (Wildman–Crippen MR) is 87.6 cm³/mol. The number of carboxylic acid groups (broad SMARTS) is 1. The first-order chi connectivity index (χ1) is 10.8. The van der Waals surface area contributed by atoms with Gasteiger partial charge in [0.15, 0.2) is 5.69 Å². The molecule has 0 bridgehead atoms. The van der Waals surface area contributed by atoms with E-state index >= 15 is 0 Å². The lowest BCUT2D eigenvalue weighted by Gasteiger charge is -2.11. The van der Waals surface area contributed by atoms with Crippen LogP contribution in [0.3, 0.4) is 0 Å². The van der Waals surface area contributed by atoms with Crippen molar-refractivity contribution in [3.05, 3.63) is 35.9 Å². The molecule has 0 aliphatic carbocycles. The zero-order chi connectivity index (χ0) is 17.1. The number of carboxylic acids is 1. The Balaban J connectivity index is 2.35. The Labute approximate surface area is 133 Å². The zero-order valence-electron chi connectivity index (χ0n) is 12.6. The molecule has 0 aliphatic heterocycles. The van der Waals surface area contributed by atoms with Crippen molar-refractivity contribution in [3.8, 4) is 16.9 Å². The highest BCUT2D eigenvalue weighted by molar-refractivity contribution is 6.40. The molecule has 0 aliphatic rings. The van der Waals surface area contributed by atoms with Gasteiger partial charge in [0.2, 0.25) is 0 Å². The van der Waals surface area contributed by atoms with Gasteiger partial charge in [-0.15, -0.1) is 0 Å². The van der Waals surface area contributed by atoms with Crippen molar-refractivity contribution >= 4 is 38.5 Å². The lowest BCUT2D eigenvalue weighted by atomic mass is 9.81. The molecule has 1 aromatic carbocycles. The van der Waals surface area contributed by atoms with Gasteiger partial charge in [-0.2, -0.15) is 0 Å². The van der Waals surface area contributed by atoms with E-state index < -0.39 is 24.2 Å². The van der Waals surface area contributed by atoms with Crippen LogP contribution in [0, 0.1) is 5.82 Å². The Morgan fingerprint density at radius 1 is 1.30 bits per heavy atom. The minimum atomic E-state index is -1.21. The summed E-state index contributed by atoms with van der Waals surface area (Å²) < 4.78 is 14.0. The fraction of sp³-hybridized carbons (Fsp3) is 0.0714. The molecule has 0 radical (unpaired) electrons. The Kier molecular flexibility index (Phi) is 4.68. The van der Waals surface area contributed by atoms with Crippen molar-refractivity contribution in [1.82, 2.24) is 10.3 Å². The Hall–Kier alpha value is -2.83. The van der Waals surface area contributed by atoms with E-state index in [0.717, 1.165) is 0 Å². The van der Waals surface area contributed by atoms with E-state index in [1.807, 2.05) is 0 Å². The van der Waals surface area contributed by atoms with E-state index in [1.54, 1.807) is 27.8 Å². The van der Waals surface area contributed by atoms with Crippen LogP contribution in [0.2, 0.25) is 0 Å². The van der Waals surface area contributed by atoms with Crippen molar-refractivity contribution in [2.45, 2.75) is 0 Å². The first kappa shape index (κ1) is 16.5. The van der Waals surface area contributed by atoms with Gasteiger partial charge in [-0.05, 0) is 17.1 Å². The maximum absolute atomic E-state index is 14.0. The largest absolute Gasteiger partial charge is 0.505 e. The maximum atomic E-state index is 14.0. The van der Waals surface area contributed by atoms with Crippen molar-refractivity contribution in [2.24, 2.45) is 0 Å². The zero-order valence-corrected chi connectivity index (χ0v) is 12.6. The number of nitrogens with one attached hydrogen (secondary N) is 1. The van der Waals surface area contributed by atoms with E-state index in [0.29, 0.717) is 22.1 Å². The number of aromatic hydroxyl groups is 1. The van der Waals surface area contributed by atoms with Crippen LogP contribution in [0.4, 0.5) is 4.39 Å². The summed E-state index contributed by atoms with van der Waals surface area (Å²) in [6.07, 6.45) is 1.33. The number of amides is 1. The van der Waals surface area contributed by atoms with E-state index in [-0.39, 0.29) is 11.5 Å². The van der Waals surface area contributed by atoms with Crippen LogP contribution >= 0.6 is 0 Å². The van der Waals surface area contributed by atoms with Crippen LogP contribution in [0.25, 0.3) is 11.1 Å². The van der Waals surface area contributed by atoms with Gasteiger partial charge in [-0.3, -0.25) is 9.59 Å². The summed E-state index contributed by atoms with van der Waals surface area (Å²) in [5.41, 5.74) is 1.63. The molecule has 2 rings (SSSR count). The first-order valence-electron chi connectivity index (χ1n) is 6.76. The Morgan fingerprint density at radius 3 is 2.61 bits per heavy atom. The molecular formula is C14H13B2FN2O4. The highest BCUT2D eigenvalue weighted by Gasteiger charge is 2.16. The van der Waals surface area contributed by atoms with Crippen LogP contribution in [-0.4, -0.2) is 49.3 Å². The van der Waals surface area contributed by atoms with E-state index in [4.69, 9.17) is 5.11 Å². The van der Waals surface area contributed by atoms with Crippen LogP contribution in [0.5, 0.6) is 5.75 Å². The average molecular weight is 314 g/mol. The van der Waals surface area contributed by atoms with Crippen LogP contribution < -0.4 is 16.2 Å². The monoisotopic (exact) mass is 314 g/mol. The summed E-state index contributed by atoms with van der Waals surface area (Å²) in [6.45, 7) is -0.579. The Morgan fingerprint density at radius 2 is 2.00 bits per heavy atom. The molecule has 6 nitrogen and oxygen atoms in total. The van der Waals surface area contributed by atoms with Gasteiger partial charge >= 0.3 is 5.97 Å². The van der Waals surface area contributed by atoms with E-state index in [9.17, 15) is 19.1 Å². The highest BCUT2D eigenvalue weighted by Crippen LogP contribution is 2.23. The number of hydrogen-bond donors (Lipinski definition) is 3. The number of benzene rings is 1. The molecule has 2 aromatic rings. The molecule has 0 fully saturated rings. The quantitative estimate of drug-likeness (QED) is 0.563. The van der Waals surface area contributed by atoms with Crippen LogP contribution in [0.15, 0.2) is 24.4 Å². The van der Waals surface area contributed by atoms with Crippen LogP contribution in [0.1, 0.15) is 10.5 Å². The third-order valence-electron chi connectivity index (χ3n) is 3.37. The minimum Gasteiger partial charge on any atom is -0.505 e. The van der Waals surface area contributed by atoms with Crippen LogP contribution in [-0.2, 0) is 4.79 Å². The molecule has 23 heavy (non-hydrogen) atoms. The van der Waals surface area contributed by atoms with Crippen molar-refractivity contribution < 1.29 is 24.2 Å². The van der Waals surface area contributed by atoms with Gasteiger partial charge in [0, 0.05) is 11.8 Å². The lowest BCUT2D eigenvalue weighted by molar-refractivity contribution is -0.135. The maximum Gasteiger partial charge on any atom is 0.322 e. The number of nitrogens with zero attached hydrogens (tertiary/aromatic N) is 1. The average Bonchev–Trinajstić information content (AvgIpc) is 2.50. The van der Waals surface area contributed by atoms with Gasteiger partial charge in [-0.25, -0.2) is 9.37 Å². The molecule has 9 heteroatoms. The SMILES string of the molecule is Bc1ccc(-c2cnc(C(=O)NCC(=O)O)c(O)c2)c(B)c1F. The number of rotatable bonds is 4. The number of carbonyl (C=O) groups is 2. The number of aromatic nitrogens is 1. The normalized spacial score (nSPS) is 10.3. The van der Waals surface area contributed by atoms with Crippen molar-refractivity contribution in [1.29, 1.82) is 0 Å². The van der Waals surface area contributed by atoms with Gasteiger partial charge in [0.05, 0.1) is 0 Å². The van der Waals surface area contributed by atoms with Gasteiger partial charge < -0.3 is 15.5 Å². The number of carbonyl (C=O) groups excluding carboxylic acids is 1. The molecule has 3 N–H and O–H groups in total. The second-order valence-corrected chi connectivity index (χ2v) is 5.04. The first-order valence-corrected chi connectivity index (χ1v) is 6.76. The second kappa shape index (κ2) is 6.51. The number of halogens is 1. The fourth-order valence-corrected chi connectivity index (χ4v) is 2.15. The predicted octanol–water partition coefficient (Wildman–Crippen LogP) is -2.08. The fourth-order valence-electron chi connectivity index (χ4n) is 2.15. The standard InChI is InChI=1S/C14H13B2FN2O4/c15-8-2-1-7(11(16)12(8)17)6-3-9(20)13(18-4-6)14(23)19-5-10(21)22/h1-4,20H,5,15-16H2,(H,19,23)(H,21,22). The van der Waals surface area contributed by atoms with Crippen molar-refractivity contribution in [2.75, 3.05) is 6.54 Å². The van der Waals surface area contributed by atoms with Gasteiger partial charge in [-0.1, -0.05) is 17.6 Å². The molecule has 0 spiro atoms. The molecule has 1 aromatic heterocycles. The topological polar surface area (TPSA) is 99.5 Å². The number of pyridine rings is 1. The summed E-state index contributed by atoms with van der Waals surface area (Å²) in [6, 6.07) is 4.61. The lowest BCUT2D eigenvalue weighted by Crippen LogP contribution is -2.30. The molecule has 116 valence electrons. The molecule has 0 unspecified atom stereocenters. The van der Waals surface area contributed by atoms with E-state index in [2.05, 4.69) is 10.3 Å². The molecular weight excluding hydrogens is 301 g/mol. The van der Waals surface area contributed by atoms with Crippen molar-refractivity contribution in [3.63, 3.8) is 0 Å². The van der Waals surface area contributed by atoms with Gasteiger partial charge in [0.1, 0.15) is 33.8 Å². The Bertz CT molecular complexity index is 799. The number of hydrogen-bond acceptors (Lipinski definition) is 4. The number of aliphatic carboxylic acids is 1. The molecule has 0 atom stereocenters.